The molecule has 0 aromatic heterocycles. The van der Waals surface area contributed by atoms with Crippen LogP contribution in [0.25, 0.3) is 0 Å². The van der Waals surface area contributed by atoms with E-state index in [1.807, 2.05) is 0 Å². The second-order valence-corrected chi connectivity index (χ2v) is 2.93. The summed E-state index contributed by atoms with van der Waals surface area (Å²) in [5.41, 5.74) is 0. The predicted molar refractivity (Wildman–Crippen MR) is 70.2 cm³/mol. The number of aliphatic hydroxyl groups is 1. The second kappa shape index (κ2) is 24.9. The Morgan fingerprint density at radius 3 is 1.28 bits per heavy atom. The van der Waals surface area contributed by atoms with Gasteiger partial charge in [-0.05, 0) is 20.3 Å². The summed E-state index contributed by atoms with van der Waals surface area (Å²) >= 11 is 0. The van der Waals surface area contributed by atoms with Gasteiger partial charge in [0.2, 0.25) is 0 Å². The molecule has 0 amide bonds. The summed E-state index contributed by atoms with van der Waals surface area (Å²) in [5.74, 6) is -0.421. The van der Waals surface area contributed by atoms with Crippen molar-refractivity contribution in [1.82, 2.24) is 0 Å². The first kappa shape index (κ1) is 25.6. The fourth-order valence-electron chi connectivity index (χ4n) is 0.565. The molecule has 3 N–H and O–H groups in total. The first-order valence-electron chi connectivity index (χ1n) is 5.83. The van der Waals surface area contributed by atoms with Gasteiger partial charge in [0.15, 0.2) is 0 Å². The first-order valence-corrected chi connectivity index (χ1v) is 5.83. The van der Waals surface area contributed by atoms with Crippen LogP contribution in [0.1, 0.15) is 47.5 Å². The summed E-state index contributed by atoms with van der Waals surface area (Å²) in [6.45, 7) is 9.70. The molecule has 112 valence electrons. The number of carbonyl (C=O) groups is 2. The van der Waals surface area contributed by atoms with Crippen LogP contribution >= 0.6 is 0 Å². The quantitative estimate of drug-likeness (QED) is 0.768. The number of aliphatic hydroxyl groups excluding tert-OH is 1. The molecule has 0 unspecified atom stereocenters. The van der Waals surface area contributed by atoms with Gasteiger partial charge in [-0.3, -0.25) is 9.59 Å². The molecule has 6 heteroatoms. The molecule has 0 aliphatic heterocycles. The number of hydrogen-bond acceptors (Lipinski definition) is 5. The van der Waals surface area contributed by atoms with E-state index in [1.165, 1.54) is 13.8 Å². The van der Waals surface area contributed by atoms with E-state index < -0.39 is 0 Å². The van der Waals surface area contributed by atoms with E-state index >= 15 is 0 Å². The molecule has 0 bridgehead atoms. The van der Waals surface area contributed by atoms with E-state index in [1.54, 1.807) is 13.8 Å². The van der Waals surface area contributed by atoms with Crippen molar-refractivity contribution in [2.75, 3.05) is 19.8 Å². The second-order valence-electron chi connectivity index (χ2n) is 2.93. The summed E-state index contributed by atoms with van der Waals surface area (Å²) in [5, 5.41) is 8.07. The zero-order valence-electron chi connectivity index (χ0n) is 12.1. The Labute approximate surface area is 110 Å². The zero-order chi connectivity index (χ0) is 14.1. The third kappa shape index (κ3) is 60.7. The van der Waals surface area contributed by atoms with Gasteiger partial charge < -0.3 is 20.1 Å². The standard InChI is InChI=1S/2C4H8O2.C4H10O.H2O/c2*1-3-6-4(2)5;1-2-3-4-5;/h2*3H2,1-2H3;5H,2-4H2,1H3;1H2. The Morgan fingerprint density at radius 1 is 0.944 bits per heavy atom. The first-order chi connectivity index (χ1) is 7.95. The van der Waals surface area contributed by atoms with Gasteiger partial charge in [0.25, 0.3) is 0 Å². The van der Waals surface area contributed by atoms with Gasteiger partial charge >= 0.3 is 11.9 Å². The minimum atomic E-state index is -0.211. The Balaban J connectivity index is -0.0000000799. The third-order valence-corrected chi connectivity index (χ3v) is 1.21. The van der Waals surface area contributed by atoms with Crippen molar-refractivity contribution in [2.45, 2.75) is 47.5 Å². The highest BCUT2D eigenvalue weighted by atomic mass is 16.5. The number of esters is 2. The SMILES string of the molecule is CCCCO.CCOC(C)=O.CCOC(C)=O.O. The third-order valence-electron chi connectivity index (χ3n) is 1.21. The maximum Gasteiger partial charge on any atom is 0.302 e. The molecule has 0 fully saturated rings. The van der Waals surface area contributed by atoms with Crippen molar-refractivity contribution in [3.63, 3.8) is 0 Å². The summed E-state index contributed by atoms with van der Waals surface area (Å²) in [7, 11) is 0. The minimum Gasteiger partial charge on any atom is -0.466 e. The van der Waals surface area contributed by atoms with Crippen LogP contribution in [0.15, 0.2) is 0 Å². The summed E-state index contributed by atoms with van der Waals surface area (Å²) in [6.07, 6.45) is 2.04. The smallest absolute Gasteiger partial charge is 0.302 e. The van der Waals surface area contributed by atoms with E-state index in [0.29, 0.717) is 19.8 Å². The van der Waals surface area contributed by atoms with E-state index in [2.05, 4.69) is 16.4 Å². The van der Waals surface area contributed by atoms with Crippen LogP contribution in [0.3, 0.4) is 0 Å². The van der Waals surface area contributed by atoms with Crippen molar-refractivity contribution < 1.29 is 29.6 Å². The van der Waals surface area contributed by atoms with Crippen LogP contribution in [0.4, 0.5) is 0 Å². The monoisotopic (exact) mass is 268 g/mol. The predicted octanol–water partition coefficient (Wildman–Crippen LogP) is 1.09. The van der Waals surface area contributed by atoms with Crippen molar-refractivity contribution in [3.05, 3.63) is 0 Å². The Morgan fingerprint density at radius 2 is 1.28 bits per heavy atom. The molecule has 0 aliphatic carbocycles. The number of ether oxygens (including phenoxy) is 2. The van der Waals surface area contributed by atoms with Crippen LogP contribution in [-0.4, -0.2) is 42.3 Å². The van der Waals surface area contributed by atoms with Crippen molar-refractivity contribution in [1.29, 1.82) is 0 Å². The van der Waals surface area contributed by atoms with Crippen molar-refractivity contribution >= 4 is 11.9 Å². The van der Waals surface area contributed by atoms with Crippen LogP contribution in [-0.2, 0) is 19.1 Å². The molecule has 6 nitrogen and oxygen atoms in total. The van der Waals surface area contributed by atoms with Gasteiger partial charge in [0.1, 0.15) is 0 Å². The lowest BCUT2D eigenvalue weighted by atomic mass is 10.4. The van der Waals surface area contributed by atoms with E-state index in [4.69, 9.17) is 5.11 Å². The molecule has 0 saturated carbocycles. The molecular weight excluding hydrogens is 240 g/mol. The molecule has 0 rings (SSSR count). The fraction of sp³-hybridized carbons (Fsp3) is 0.833. The summed E-state index contributed by atoms with van der Waals surface area (Å²) in [6, 6.07) is 0. The lowest BCUT2D eigenvalue weighted by Gasteiger charge is -1.89. The maximum atomic E-state index is 9.82. The van der Waals surface area contributed by atoms with Gasteiger partial charge in [-0.2, -0.15) is 0 Å². The molecule has 0 saturated heterocycles. The number of unbranched alkanes of at least 4 members (excludes halogenated alkanes) is 1. The number of hydrogen-bond donors (Lipinski definition) is 1. The highest BCUT2D eigenvalue weighted by Crippen LogP contribution is 1.78. The highest BCUT2D eigenvalue weighted by Gasteiger charge is 1.82. The molecule has 18 heavy (non-hydrogen) atoms. The summed E-state index contributed by atoms with van der Waals surface area (Å²) < 4.78 is 8.81. The van der Waals surface area contributed by atoms with Gasteiger partial charge in [0, 0.05) is 20.5 Å². The highest BCUT2D eigenvalue weighted by molar-refractivity contribution is 5.66. The average Bonchev–Trinajstić information content (AvgIpc) is 2.20. The van der Waals surface area contributed by atoms with Gasteiger partial charge in [-0.25, -0.2) is 0 Å². The Bertz CT molecular complexity index is 152. The maximum absolute atomic E-state index is 9.82. The van der Waals surface area contributed by atoms with Crippen LogP contribution in [0.2, 0.25) is 0 Å². The number of rotatable bonds is 4. The topological polar surface area (TPSA) is 104 Å². The lowest BCUT2D eigenvalue weighted by Crippen LogP contribution is -1.95. The lowest BCUT2D eigenvalue weighted by molar-refractivity contribution is -0.141. The van der Waals surface area contributed by atoms with Gasteiger partial charge in [-0.15, -0.1) is 0 Å². The van der Waals surface area contributed by atoms with Crippen molar-refractivity contribution in [2.24, 2.45) is 0 Å². The molecule has 0 spiro atoms. The van der Waals surface area contributed by atoms with Gasteiger partial charge in [0.05, 0.1) is 13.2 Å². The van der Waals surface area contributed by atoms with Crippen LogP contribution in [0, 0.1) is 0 Å². The molecule has 0 heterocycles. The summed E-state index contributed by atoms with van der Waals surface area (Å²) in [4.78, 5) is 19.6. The largest absolute Gasteiger partial charge is 0.466 e. The normalized spacial score (nSPS) is 7.44. The van der Waals surface area contributed by atoms with Crippen molar-refractivity contribution in [3.8, 4) is 0 Å². The molecule has 0 aliphatic rings. The molecular formula is C12H28O6. The zero-order valence-corrected chi connectivity index (χ0v) is 12.1. The molecule has 0 aromatic carbocycles. The fourth-order valence-corrected chi connectivity index (χ4v) is 0.565. The Kier molecular flexibility index (Phi) is 35.5. The van der Waals surface area contributed by atoms with E-state index in [-0.39, 0.29) is 17.4 Å². The van der Waals surface area contributed by atoms with Crippen LogP contribution in [0.5, 0.6) is 0 Å². The molecule has 0 radical (unpaired) electrons. The van der Waals surface area contributed by atoms with Crippen LogP contribution < -0.4 is 0 Å². The Hall–Kier alpha value is -1.14. The molecule has 0 atom stereocenters. The minimum absolute atomic E-state index is 0. The van der Waals surface area contributed by atoms with E-state index in [0.717, 1.165) is 12.8 Å². The van der Waals surface area contributed by atoms with E-state index in [9.17, 15) is 9.59 Å². The van der Waals surface area contributed by atoms with Gasteiger partial charge in [-0.1, -0.05) is 13.3 Å². The average molecular weight is 268 g/mol. The molecule has 0 aromatic rings. The number of carbonyl (C=O) groups excluding carboxylic acids is 2.